The normalized spacial score (nSPS) is 14.8. The molecule has 0 unspecified atom stereocenters. The number of nitrogens with one attached hydrogen (secondary N) is 1. The first-order chi connectivity index (χ1) is 13.5. The molecule has 0 bridgehead atoms. The van der Waals surface area contributed by atoms with Gasteiger partial charge in [0.1, 0.15) is 5.75 Å². The summed E-state index contributed by atoms with van der Waals surface area (Å²) >= 11 is 0. The van der Waals surface area contributed by atoms with Crippen LogP contribution in [0.25, 0.3) is 0 Å². The number of methoxy groups -OCH3 is 1. The Kier molecular flexibility index (Phi) is 6.57. The Bertz CT molecular complexity index is 803. The first kappa shape index (κ1) is 20.2. The third-order valence-electron chi connectivity index (χ3n) is 5.42. The van der Waals surface area contributed by atoms with Crippen molar-refractivity contribution in [1.82, 2.24) is 9.80 Å². The summed E-state index contributed by atoms with van der Waals surface area (Å²) < 4.78 is 5.29. The van der Waals surface area contributed by atoms with Crippen LogP contribution in [0.1, 0.15) is 22.3 Å². The Labute approximate surface area is 168 Å². The third kappa shape index (κ3) is 5.04. The summed E-state index contributed by atoms with van der Waals surface area (Å²) in [7, 11) is 1.70. The summed E-state index contributed by atoms with van der Waals surface area (Å²) in [6.45, 7) is 10.5. The van der Waals surface area contributed by atoms with E-state index in [-0.39, 0.29) is 6.03 Å². The summed E-state index contributed by atoms with van der Waals surface area (Å²) in [5.41, 5.74) is 5.67. The number of amides is 2. The van der Waals surface area contributed by atoms with Crippen molar-refractivity contribution in [3.8, 4) is 5.75 Å². The van der Waals surface area contributed by atoms with Crippen molar-refractivity contribution in [2.45, 2.75) is 27.2 Å². The molecule has 5 heteroatoms. The Hall–Kier alpha value is -2.53. The van der Waals surface area contributed by atoms with E-state index in [9.17, 15) is 4.79 Å². The molecule has 3 rings (SSSR count). The maximum atomic E-state index is 12.7. The van der Waals surface area contributed by atoms with Gasteiger partial charge in [-0.15, -0.1) is 0 Å². The number of hydrogen-bond donors (Lipinski definition) is 1. The van der Waals surface area contributed by atoms with E-state index in [4.69, 9.17) is 4.74 Å². The summed E-state index contributed by atoms with van der Waals surface area (Å²) in [6, 6.07) is 12.5. The Morgan fingerprint density at radius 3 is 2.36 bits per heavy atom. The van der Waals surface area contributed by atoms with Crippen molar-refractivity contribution in [3.05, 3.63) is 58.7 Å². The minimum Gasteiger partial charge on any atom is -0.497 e. The highest BCUT2D eigenvalue weighted by molar-refractivity contribution is 5.91. The summed E-state index contributed by atoms with van der Waals surface area (Å²) in [5.74, 6) is 0.903. The van der Waals surface area contributed by atoms with Crippen LogP contribution in [0.3, 0.4) is 0 Å². The number of ether oxygens (including phenoxy) is 1. The zero-order chi connectivity index (χ0) is 20.1. The molecular formula is C23H31N3O2. The van der Waals surface area contributed by atoms with Gasteiger partial charge in [0.2, 0.25) is 0 Å². The lowest BCUT2D eigenvalue weighted by molar-refractivity contribution is 0.148. The fraction of sp³-hybridized carbons (Fsp3) is 0.435. The van der Waals surface area contributed by atoms with Crippen LogP contribution in [-0.2, 0) is 6.42 Å². The van der Waals surface area contributed by atoms with E-state index in [1.165, 1.54) is 11.1 Å². The van der Waals surface area contributed by atoms with Crippen LogP contribution in [-0.4, -0.2) is 55.7 Å². The smallest absolute Gasteiger partial charge is 0.321 e. The lowest BCUT2D eigenvalue weighted by Gasteiger charge is -2.35. The molecule has 0 atom stereocenters. The topological polar surface area (TPSA) is 44.8 Å². The molecule has 1 aliphatic rings. The third-order valence-corrected chi connectivity index (χ3v) is 5.42. The monoisotopic (exact) mass is 381 g/mol. The molecule has 2 amide bonds. The quantitative estimate of drug-likeness (QED) is 0.851. The Morgan fingerprint density at radius 2 is 1.71 bits per heavy atom. The fourth-order valence-electron chi connectivity index (χ4n) is 3.85. The van der Waals surface area contributed by atoms with Crippen molar-refractivity contribution >= 4 is 11.7 Å². The largest absolute Gasteiger partial charge is 0.497 e. The van der Waals surface area contributed by atoms with Crippen LogP contribution in [0.5, 0.6) is 5.75 Å². The molecule has 1 heterocycles. The van der Waals surface area contributed by atoms with Gasteiger partial charge in [0.25, 0.3) is 0 Å². The Balaban J connectivity index is 1.49. The van der Waals surface area contributed by atoms with E-state index in [0.29, 0.717) is 0 Å². The van der Waals surface area contributed by atoms with Gasteiger partial charge in [-0.05, 0) is 56.0 Å². The number of piperazine rings is 1. The highest BCUT2D eigenvalue weighted by atomic mass is 16.5. The number of carbonyl (C=O) groups is 1. The lowest BCUT2D eigenvalue weighted by atomic mass is 10.1. The second-order valence-electron chi connectivity index (χ2n) is 7.63. The van der Waals surface area contributed by atoms with Gasteiger partial charge < -0.3 is 15.0 Å². The van der Waals surface area contributed by atoms with Gasteiger partial charge in [0.05, 0.1) is 7.11 Å². The number of carbonyl (C=O) groups excluding carboxylic acids is 1. The van der Waals surface area contributed by atoms with Crippen molar-refractivity contribution in [1.29, 1.82) is 0 Å². The predicted molar refractivity (Wildman–Crippen MR) is 114 cm³/mol. The van der Waals surface area contributed by atoms with Gasteiger partial charge in [0, 0.05) is 38.4 Å². The second-order valence-corrected chi connectivity index (χ2v) is 7.63. The van der Waals surface area contributed by atoms with Crippen LogP contribution >= 0.6 is 0 Å². The molecule has 0 spiro atoms. The number of nitrogens with zero attached hydrogens (tertiary/aromatic N) is 2. The molecule has 0 aliphatic carbocycles. The molecule has 1 N–H and O–H groups in total. The standard InChI is InChI=1S/C23H31N3O2/c1-17-14-18(2)22(19(3)15-17)24-23(27)26-12-10-25(11-13-26)9-8-20-6-5-7-21(16-20)28-4/h5-7,14-16H,8-13H2,1-4H3,(H,24,27). The number of aryl methyl sites for hydroxylation is 3. The van der Waals surface area contributed by atoms with Crippen molar-refractivity contribution in [3.63, 3.8) is 0 Å². The predicted octanol–water partition coefficient (Wildman–Crippen LogP) is 4.01. The maximum absolute atomic E-state index is 12.7. The molecule has 0 aromatic heterocycles. The maximum Gasteiger partial charge on any atom is 0.321 e. The van der Waals surface area contributed by atoms with Crippen LogP contribution in [0.4, 0.5) is 10.5 Å². The first-order valence-corrected chi connectivity index (χ1v) is 9.95. The van der Waals surface area contributed by atoms with Crippen LogP contribution < -0.4 is 10.1 Å². The molecule has 0 saturated carbocycles. The average molecular weight is 382 g/mol. The molecule has 2 aromatic carbocycles. The van der Waals surface area contributed by atoms with Crippen LogP contribution in [0, 0.1) is 20.8 Å². The van der Waals surface area contributed by atoms with Crippen LogP contribution in [0.15, 0.2) is 36.4 Å². The highest BCUT2D eigenvalue weighted by Crippen LogP contribution is 2.22. The minimum atomic E-state index is 0.00231. The van der Waals surface area contributed by atoms with Gasteiger partial charge in [-0.2, -0.15) is 0 Å². The van der Waals surface area contributed by atoms with E-state index < -0.39 is 0 Å². The van der Waals surface area contributed by atoms with Gasteiger partial charge in [-0.3, -0.25) is 4.90 Å². The van der Waals surface area contributed by atoms with Crippen molar-refractivity contribution < 1.29 is 9.53 Å². The molecule has 1 fully saturated rings. The zero-order valence-electron chi connectivity index (χ0n) is 17.4. The first-order valence-electron chi connectivity index (χ1n) is 9.95. The van der Waals surface area contributed by atoms with Gasteiger partial charge >= 0.3 is 6.03 Å². The van der Waals surface area contributed by atoms with E-state index in [1.54, 1.807) is 7.11 Å². The van der Waals surface area contributed by atoms with Crippen molar-refractivity contribution in [2.75, 3.05) is 45.2 Å². The van der Waals surface area contributed by atoms with E-state index in [2.05, 4.69) is 41.4 Å². The molecular weight excluding hydrogens is 350 g/mol. The van der Waals surface area contributed by atoms with E-state index in [0.717, 1.165) is 61.7 Å². The summed E-state index contributed by atoms with van der Waals surface area (Å²) in [6.07, 6.45) is 0.991. The number of anilines is 1. The molecule has 28 heavy (non-hydrogen) atoms. The molecule has 2 aromatic rings. The molecule has 150 valence electrons. The number of rotatable bonds is 5. The highest BCUT2D eigenvalue weighted by Gasteiger charge is 2.21. The molecule has 1 aliphatic heterocycles. The number of benzene rings is 2. The zero-order valence-corrected chi connectivity index (χ0v) is 17.4. The van der Waals surface area contributed by atoms with Gasteiger partial charge in [-0.25, -0.2) is 4.79 Å². The summed E-state index contributed by atoms with van der Waals surface area (Å²) in [4.78, 5) is 17.0. The second kappa shape index (κ2) is 9.11. The van der Waals surface area contributed by atoms with Crippen molar-refractivity contribution in [2.24, 2.45) is 0 Å². The molecule has 0 radical (unpaired) electrons. The van der Waals surface area contributed by atoms with Gasteiger partial charge in [0.15, 0.2) is 0 Å². The summed E-state index contributed by atoms with van der Waals surface area (Å²) in [5, 5.41) is 3.12. The van der Waals surface area contributed by atoms with E-state index >= 15 is 0 Å². The van der Waals surface area contributed by atoms with Crippen LogP contribution in [0.2, 0.25) is 0 Å². The van der Waals surface area contributed by atoms with Gasteiger partial charge in [-0.1, -0.05) is 29.8 Å². The molecule has 1 saturated heterocycles. The number of urea groups is 1. The minimum absolute atomic E-state index is 0.00231. The average Bonchev–Trinajstić information content (AvgIpc) is 2.69. The SMILES string of the molecule is COc1cccc(CCN2CCN(C(=O)Nc3c(C)cc(C)cc3C)CC2)c1. The fourth-order valence-corrected chi connectivity index (χ4v) is 3.85. The number of hydrogen-bond acceptors (Lipinski definition) is 3. The Morgan fingerprint density at radius 1 is 1.04 bits per heavy atom. The molecule has 5 nitrogen and oxygen atoms in total. The lowest BCUT2D eigenvalue weighted by Crippen LogP contribution is -2.50. The van der Waals surface area contributed by atoms with E-state index in [1.807, 2.05) is 30.9 Å².